The van der Waals surface area contributed by atoms with Gasteiger partial charge in [0.1, 0.15) is 0 Å². The number of methoxy groups -OCH3 is 1. The minimum absolute atomic E-state index is 0.248. The highest BCUT2D eigenvalue weighted by atomic mass is 32.2. The van der Waals surface area contributed by atoms with Crippen LogP contribution in [0.15, 0.2) is 53.5 Å². The lowest BCUT2D eigenvalue weighted by Gasteiger charge is -2.05. The van der Waals surface area contributed by atoms with E-state index < -0.39 is 0 Å². The lowest BCUT2D eigenvalue weighted by molar-refractivity contribution is 0.386. The smallest absolute Gasteiger partial charge is 0.165 e. The van der Waals surface area contributed by atoms with E-state index in [1.54, 1.807) is 6.07 Å². The monoisotopic (exact) mass is 318 g/mol. The number of nitrogens with two attached hydrogens (primary N) is 1. The molecular weight excluding hydrogens is 299 g/mol. The molecule has 0 fully saturated rings. The van der Waals surface area contributed by atoms with Crippen molar-refractivity contribution in [2.24, 2.45) is 10.7 Å². The second kappa shape index (κ2) is 8.44. The fourth-order valence-corrected chi connectivity index (χ4v) is 2.62. The highest BCUT2D eigenvalue weighted by molar-refractivity contribution is 8.13. The van der Waals surface area contributed by atoms with Crippen molar-refractivity contribution in [3.8, 4) is 5.75 Å². The summed E-state index contributed by atoms with van der Waals surface area (Å²) in [6, 6.07) is 15.1. The summed E-state index contributed by atoms with van der Waals surface area (Å²) < 4.78 is 18.5. The van der Waals surface area contributed by atoms with E-state index in [4.69, 9.17) is 10.5 Å². The van der Waals surface area contributed by atoms with E-state index in [1.165, 1.54) is 30.5 Å². The Balaban J connectivity index is 1.80. The number of rotatable bonds is 6. The molecule has 3 nitrogen and oxygen atoms in total. The molecule has 2 aromatic rings. The summed E-state index contributed by atoms with van der Waals surface area (Å²) in [5, 5.41) is 0.521. The summed E-state index contributed by atoms with van der Waals surface area (Å²) in [6.07, 6.45) is 0.860. The molecule has 0 heterocycles. The molecule has 0 aliphatic rings. The molecule has 0 radical (unpaired) electrons. The molecule has 2 aromatic carbocycles. The maximum Gasteiger partial charge on any atom is 0.165 e. The number of halogens is 1. The van der Waals surface area contributed by atoms with Gasteiger partial charge in [-0.1, -0.05) is 48.2 Å². The minimum Gasteiger partial charge on any atom is -0.494 e. The molecule has 22 heavy (non-hydrogen) atoms. The average molecular weight is 318 g/mol. The molecule has 0 aliphatic carbocycles. The summed E-state index contributed by atoms with van der Waals surface area (Å²) in [6.45, 7) is 0.653. The first-order chi connectivity index (χ1) is 10.7. The third-order valence-electron chi connectivity index (χ3n) is 3.11. The van der Waals surface area contributed by atoms with E-state index in [1.807, 2.05) is 24.3 Å². The molecule has 0 aliphatic heterocycles. The van der Waals surface area contributed by atoms with Crippen LogP contribution in [0.1, 0.15) is 11.1 Å². The number of hydrogen-bond acceptors (Lipinski definition) is 3. The Hall–Kier alpha value is -2.01. The van der Waals surface area contributed by atoms with Gasteiger partial charge >= 0.3 is 0 Å². The van der Waals surface area contributed by atoms with E-state index in [0.29, 0.717) is 17.5 Å². The highest BCUT2D eigenvalue weighted by Gasteiger charge is 2.04. The van der Waals surface area contributed by atoms with Gasteiger partial charge in [-0.25, -0.2) is 4.39 Å². The van der Waals surface area contributed by atoms with Crippen LogP contribution in [0.25, 0.3) is 0 Å². The van der Waals surface area contributed by atoms with Gasteiger partial charge in [0.25, 0.3) is 0 Å². The third-order valence-corrected chi connectivity index (χ3v) is 4.02. The van der Waals surface area contributed by atoms with Crippen molar-refractivity contribution in [1.29, 1.82) is 0 Å². The van der Waals surface area contributed by atoms with Crippen molar-refractivity contribution in [1.82, 2.24) is 0 Å². The quantitative estimate of drug-likeness (QED) is 0.653. The van der Waals surface area contributed by atoms with E-state index in [-0.39, 0.29) is 11.6 Å². The molecule has 5 heteroatoms. The summed E-state index contributed by atoms with van der Waals surface area (Å²) in [5.74, 6) is 0.472. The minimum atomic E-state index is -0.361. The first kappa shape index (κ1) is 16.4. The standard InChI is InChI=1S/C17H19FN2OS/c1-21-16-8-7-14(11-15(16)18)12-22-17(19)20-10-9-13-5-3-2-4-6-13/h2-8,11H,9-10,12H2,1H3,(H2,19,20). The molecular formula is C17H19FN2OS. The number of ether oxygens (including phenoxy) is 1. The molecule has 0 saturated heterocycles. The number of nitrogens with zero attached hydrogens (tertiary/aromatic N) is 1. The Morgan fingerprint density at radius 2 is 1.95 bits per heavy atom. The van der Waals surface area contributed by atoms with Crippen LogP contribution in [0, 0.1) is 5.82 Å². The second-order valence-electron chi connectivity index (χ2n) is 4.71. The van der Waals surface area contributed by atoms with Crippen molar-refractivity contribution >= 4 is 16.9 Å². The maximum absolute atomic E-state index is 13.6. The zero-order valence-electron chi connectivity index (χ0n) is 12.5. The Morgan fingerprint density at radius 3 is 2.64 bits per heavy atom. The Labute approximate surface area is 134 Å². The zero-order valence-corrected chi connectivity index (χ0v) is 13.3. The van der Waals surface area contributed by atoms with Gasteiger partial charge in [-0.2, -0.15) is 0 Å². The summed E-state index contributed by atoms with van der Waals surface area (Å²) >= 11 is 1.41. The van der Waals surface area contributed by atoms with E-state index in [0.717, 1.165) is 12.0 Å². The molecule has 0 saturated carbocycles. The normalized spacial score (nSPS) is 11.5. The fraction of sp³-hybridized carbons (Fsp3) is 0.235. The first-order valence-electron chi connectivity index (χ1n) is 6.98. The molecule has 0 aromatic heterocycles. The van der Waals surface area contributed by atoms with Gasteiger partial charge in [-0.3, -0.25) is 4.99 Å². The van der Waals surface area contributed by atoms with Gasteiger partial charge in [-0.05, 0) is 29.7 Å². The summed E-state index contributed by atoms with van der Waals surface area (Å²) in [7, 11) is 1.45. The summed E-state index contributed by atoms with van der Waals surface area (Å²) in [4.78, 5) is 4.33. The van der Waals surface area contributed by atoms with Crippen LogP contribution in [0.2, 0.25) is 0 Å². The van der Waals surface area contributed by atoms with Crippen LogP contribution in [0.4, 0.5) is 4.39 Å². The van der Waals surface area contributed by atoms with Crippen molar-refractivity contribution < 1.29 is 9.13 Å². The van der Waals surface area contributed by atoms with Crippen molar-refractivity contribution in [2.45, 2.75) is 12.2 Å². The van der Waals surface area contributed by atoms with Crippen LogP contribution in [0.5, 0.6) is 5.75 Å². The molecule has 0 bridgehead atoms. The molecule has 0 amide bonds. The second-order valence-corrected chi connectivity index (χ2v) is 5.71. The molecule has 0 unspecified atom stereocenters. The number of benzene rings is 2. The van der Waals surface area contributed by atoms with Gasteiger partial charge in [0.05, 0.1) is 7.11 Å². The number of aliphatic imine (C=N–C) groups is 1. The van der Waals surface area contributed by atoms with Crippen LogP contribution in [-0.4, -0.2) is 18.8 Å². The Morgan fingerprint density at radius 1 is 1.18 bits per heavy atom. The van der Waals surface area contributed by atoms with Crippen LogP contribution >= 0.6 is 11.8 Å². The molecule has 116 valence electrons. The van der Waals surface area contributed by atoms with Crippen LogP contribution < -0.4 is 10.5 Å². The SMILES string of the molecule is COc1ccc(CSC(N)=NCCc2ccccc2)cc1F. The number of thioether (sulfide) groups is 1. The lowest BCUT2D eigenvalue weighted by atomic mass is 10.2. The van der Waals surface area contributed by atoms with Crippen molar-refractivity contribution in [2.75, 3.05) is 13.7 Å². The van der Waals surface area contributed by atoms with Gasteiger partial charge in [0.2, 0.25) is 0 Å². The van der Waals surface area contributed by atoms with Crippen molar-refractivity contribution in [3.63, 3.8) is 0 Å². The van der Waals surface area contributed by atoms with Gasteiger partial charge in [-0.15, -0.1) is 0 Å². The highest BCUT2D eigenvalue weighted by Crippen LogP contribution is 2.20. The van der Waals surface area contributed by atoms with Gasteiger partial charge < -0.3 is 10.5 Å². The summed E-state index contributed by atoms with van der Waals surface area (Å²) in [5.41, 5.74) is 7.96. The zero-order chi connectivity index (χ0) is 15.8. The van der Waals surface area contributed by atoms with E-state index in [2.05, 4.69) is 17.1 Å². The van der Waals surface area contributed by atoms with E-state index >= 15 is 0 Å². The first-order valence-corrected chi connectivity index (χ1v) is 7.96. The van der Waals surface area contributed by atoms with Crippen LogP contribution in [0.3, 0.4) is 0 Å². The number of hydrogen-bond donors (Lipinski definition) is 1. The molecule has 0 atom stereocenters. The van der Waals surface area contributed by atoms with Crippen LogP contribution in [-0.2, 0) is 12.2 Å². The Kier molecular flexibility index (Phi) is 6.27. The predicted octanol–water partition coefficient (Wildman–Crippen LogP) is 3.62. The van der Waals surface area contributed by atoms with Gasteiger partial charge in [0, 0.05) is 12.3 Å². The topological polar surface area (TPSA) is 47.6 Å². The third kappa shape index (κ3) is 5.07. The predicted molar refractivity (Wildman–Crippen MR) is 90.9 cm³/mol. The number of amidine groups is 1. The van der Waals surface area contributed by atoms with E-state index in [9.17, 15) is 4.39 Å². The molecule has 2 rings (SSSR count). The average Bonchev–Trinajstić information content (AvgIpc) is 2.54. The maximum atomic E-state index is 13.6. The Bertz CT molecular complexity index is 632. The largest absolute Gasteiger partial charge is 0.494 e. The van der Waals surface area contributed by atoms with Gasteiger partial charge in [0.15, 0.2) is 16.7 Å². The molecule has 0 spiro atoms. The fourth-order valence-electron chi connectivity index (χ4n) is 1.94. The molecule has 2 N–H and O–H groups in total. The van der Waals surface area contributed by atoms with Crippen molar-refractivity contribution in [3.05, 3.63) is 65.5 Å². The lowest BCUT2D eigenvalue weighted by Crippen LogP contribution is -2.08.